The number of nitrogens with two attached hydrogens (primary N) is 1. The lowest BCUT2D eigenvalue weighted by Crippen LogP contribution is -2.36. The third-order valence-electron chi connectivity index (χ3n) is 7.27. The van der Waals surface area contributed by atoms with E-state index in [2.05, 4.69) is 42.4 Å². The van der Waals surface area contributed by atoms with Gasteiger partial charge in [-0.05, 0) is 11.8 Å². The highest BCUT2D eigenvalue weighted by Crippen LogP contribution is 2.58. The summed E-state index contributed by atoms with van der Waals surface area (Å²) in [5, 5.41) is 28.4. The Balaban J connectivity index is 1.20. The highest BCUT2D eigenvalue weighted by molar-refractivity contribution is 8.44. The smallest absolute Gasteiger partial charge is 0.386 e. The molecule has 6 N–H and O–H groups in total. The number of hydrogen-bond acceptors (Lipinski definition) is 17. The van der Waals surface area contributed by atoms with Crippen LogP contribution in [0.1, 0.15) is 12.5 Å². The van der Waals surface area contributed by atoms with Crippen LogP contribution in [0.4, 0.5) is 5.82 Å². The van der Waals surface area contributed by atoms with E-state index in [1.165, 1.54) is 34.3 Å². The average Bonchev–Trinajstić information content (AvgIpc) is 3.73. The van der Waals surface area contributed by atoms with Gasteiger partial charge in [0.1, 0.15) is 48.5 Å². The first-order valence-electron chi connectivity index (χ1n) is 12.7. The fourth-order valence-electron chi connectivity index (χ4n) is 5.25. The number of H-pyrrole nitrogens is 1. The summed E-state index contributed by atoms with van der Waals surface area (Å²) >= 11 is 9.31. The van der Waals surface area contributed by atoms with Gasteiger partial charge in [-0.1, -0.05) is 12.2 Å². The van der Waals surface area contributed by atoms with E-state index in [4.69, 9.17) is 45.1 Å². The molecule has 20 nitrogen and oxygen atoms in total. The number of aliphatic hydroxyl groups is 2. The summed E-state index contributed by atoms with van der Waals surface area (Å²) in [6.07, 6.45) is -5.60. The van der Waals surface area contributed by atoms with Crippen LogP contribution in [0.5, 0.6) is 0 Å². The number of fused-ring (bicyclic) bond motifs is 5. The van der Waals surface area contributed by atoms with Crippen LogP contribution in [0, 0.1) is 0 Å². The molecule has 0 amide bonds. The zero-order chi connectivity index (χ0) is 31.0. The van der Waals surface area contributed by atoms with E-state index in [1.807, 2.05) is 0 Å². The molecule has 4 aromatic heterocycles. The zero-order valence-corrected chi connectivity index (χ0v) is 25.4. The van der Waals surface area contributed by atoms with Crippen LogP contribution >= 0.6 is 25.8 Å². The van der Waals surface area contributed by atoms with Crippen molar-refractivity contribution in [1.29, 1.82) is 0 Å². The Hall–Kier alpha value is -2.43. The molecule has 24 heteroatoms. The molecular weight excluding hydrogens is 668 g/mol. The Labute approximate surface area is 255 Å². The van der Waals surface area contributed by atoms with Gasteiger partial charge in [0, 0.05) is 0 Å². The second-order valence-corrected chi connectivity index (χ2v) is 15.6. The first-order valence-corrected chi connectivity index (χ1v) is 18.0. The molecule has 236 valence electrons. The van der Waals surface area contributed by atoms with Gasteiger partial charge in [0.05, 0.1) is 37.6 Å². The SMILES string of the molecule is Nc1ncnc2c1ncn2[C@@H]1O[C@@H]2COP(O)(=S)O[C@H]3C(n4cnc5c(=O)[nH]ncc54)O[C@H](COP(=O)(S)O[C@H]2[C@H]1O)[C@H]3O. The van der Waals surface area contributed by atoms with E-state index in [9.17, 15) is 24.5 Å². The number of nitrogens with one attached hydrogen (secondary N) is 1. The summed E-state index contributed by atoms with van der Waals surface area (Å²) in [7, 11) is 0. The van der Waals surface area contributed by atoms with Gasteiger partial charge in [-0.2, -0.15) is 5.10 Å². The number of imidazole rings is 2. The Morgan fingerprint density at radius 2 is 1.70 bits per heavy atom. The Kier molecular flexibility index (Phi) is 7.64. The Bertz CT molecular complexity index is 1890. The summed E-state index contributed by atoms with van der Waals surface area (Å²) < 4.78 is 50.5. The number of aliphatic hydroxyl groups excluding tert-OH is 2. The number of anilines is 1. The molecule has 0 radical (unpaired) electrons. The van der Waals surface area contributed by atoms with Crippen molar-refractivity contribution in [2.24, 2.45) is 0 Å². The first-order chi connectivity index (χ1) is 20.9. The fourth-order valence-corrected chi connectivity index (χ4v) is 8.15. The number of aromatic amines is 1. The maximum absolute atomic E-state index is 13.4. The zero-order valence-electron chi connectivity index (χ0n) is 21.9. The standard InChI is InChI=1S/C20H23N9O11P2S2/c21-16-11-17(23-4-22-16)29(6-25-11)19-13(31)14-9(38-19)3-36-42(34,44)40-15-12(30)8(2-35-41(33,43)39-14)37-20(15)28-5-24-10-7(28)1-26-27-18(10)32/h1,4-6,8-9,12-15,19-20,30-31H,2-3H2,(H,27,32)(H,33,43)(H,34,44)(H2,21,22,23)/t8-,9-,12-,13-,14-,15-,19-,20?,41?,42?/m1/s1. The highest BCUT2D eigenvalue weighted by Gasteiger charge is 2.52. The van der Waals surface area contributed by atoms with Crippen LogP contribution < -0.4 is 11.3 Å². The first kappa shape index (κ1) is 30.2. The van der Waals surface area contributed by atoms with Crippen LogP contribution in [0.3, 0.4) is 0 Å². The molecular formula is C20H23N9O11P2S2. The van der Waals surface area contributed by atoms with Gasteiger partial charge in [0.15, 0.2) is 29.4 Å². The average molecular weight is 692 g/mol. The number of ether oxygens (including phenoxy) is 2. The quantitative estimate of drug-likeness (QED) is 0.110. The number of thiol groups is 1. The molecule has 7 heterocycles. The van der Waals surface area contributed by atoms with Crippen LogP contribution in [-0.4, -0.2) is 104 Å². The topological polar surface area (TPSA) is 266 Å². The third-order valence-corrected chi connectivity index (χ3v) is 10.4. The van der Waals surface area contributed by atoms with Crippen LogP contribution in [-0.2, 0) is 43.9 Å². The van der Waals surface area contributed by atoms with Gasteiger partial charge >= 0.3 is 13.5 Å². The molecule has 10 atom stereocenters. The van der Waals surface area contributed by atoms with E-state index >= 15 is 0 Å². The van der Waals surface area contributed by atoms with E-state index in [-0.39, 0.29) is 28.0 Å². The maximum atomic E-state index is 13.4. The molecule has 3 unspecified atom stereocenters. The third kappa shape index (κ3) is 5.28. The van der Waals surface area contributed by atoms with Gasteiger partial charge in [0.25, 0.3) is 5.56 Å². The van der Waals surface area contributed by atoms with Gasteiger partial charge in [-0.15, -0.1) is 0 Å². The summed E-state index contributed by atoms with van der Waals surface area (Å²) in [5.41, 5.74) is 6.03. The molecule has 4 aromatic rings. The van der Waals surface area contributed by atoms with E-state index in [0.29, 0.717) is 0 Å². The molecule has 7 rings (SSSR count). The predicted molar refractivity (Wildman–Crippen MR) is 152 cm³/mol. The van der Waals surface area contributed by atoms with E-state index in [0.717, 1.165) is 0 Å². The number of nitrogens with zero attached hydrogens (tertiary/aromatic N) is 7. The van der Waals surface area contributed by atoms with Crippen molar-refractivity contribution < 1.29 is 47.2 Å². The monoisotopic (exact) mass is 691 g/mol. The lowest BCUT2D eigenvalue weighted by atomic mass is 10.1. The molecule has 3 aliphatic rings. The number of nitrogen functional groups attached to an aromatic ring is 1. The second kappa shape index (κ2) is 11.1. The van der Waals surface area contributed by atoms with Gasteiger partial charge in [-0.25, -0.2) is 29.6 Å². The van der Waals surface area contributed by atoms with Crippen molar-refractivity contribution in [2.75, 3.05) is 18.9 Å². The van der Waals surface area contributed by atoms with Crippen molar-refractivity contribution in [1.82, 2.24) is 39.3 Å². The molecule has 0 spiro atoms. The maximum Gasteiger partial charge on any atom is 0.386 e. The minimum atomic E-state index is -4.29. The van der Waals surface area contributed by atoms with Crippen molar-refractivity contribution >= 4 is 65.6 Å². The van der Waals surface area contributed by atoms with Gasteiger partial charge in [0.2, 0.25) is 0 Å². The summed E-state index contributed by atoms with van der Waals surface area (Å²) in [6.45, 7) is -9.57. The molecule has 0 aliphatic carbocycles. The molecule has 44 heavy (non-hydrogen) atoms. The molecule has 3 aliphatic heterocycles. The fraction of sp³-hybridized carbons (Fsp3) is 0.500. The second-order valence-electron chi connectivity index (χ2n) is 9.95. The minimum Gasteiger partial charge on any atom is -0.387 e. The largest absolute Gasteiger partial charge is 0.387 e. The highest BCUT2D eigenvalue weighted by atomic mass is 32.7. The number of aromatic nitrogens is 8. The Morgan fingerprint density at radius 3 is 2.52 bits per heavy atom. The van der Waals surface area contributed by atoms with E-state index in [1.54, 1.807) is 0 Å². The lowest BCUT2D eigenvalue weighted by molar-refractivity contribution is -0.0593. The van der Waals surface area contributed by atoms with Gasteiger partial charge < -0.3 is 34.8 Å². The number of rotatable bonds is 2. The molecule has 3 saturated heterocycles. The molecule has 0 aromatic carbocycles. The van der Waals surface area contributed by atoms with Crippen molar-refractivity contribution in [3.8, 4) is 0 Å². The summed E-state index contributed by atoms with van der Waals surface area (Å²) in [4.78, 5) is 39.5. The van der Waals surface area contributed by atoms with Crippen molar-refractivity contribution in [3.05, 3.63) is 35.5 Å². The Morgan fingerprint density at radius 1 is 0.977 bits per heavy atom. The van der Waals surface area contributed by atoms with E-state index < -0.39 is 81.4 Å². The number of hydrogen-bond donors (Lipinski definition) is 6. The van der Waals surface area contributed by atoms with Crippen LogP contribution in [0.25, 0.3) is 22.2 Å². The summed E-state index contributed by atoms with van der Waals surface area (Å²) in [5.74, 6) is 0.0962. The van der Waals surface area contributed by atoms with Gasteiger partial charge in [-0.3, -0.25) is 27.5 Å². The predicted octanol–water partition coefficient (Wildman–Crippen LogP) is -0.870. The minimum absolute atomic E-state index is 0.0243. The lowest BCUT2D eigenvalue weighted by Gasteiger charge is -2.27. The molecule has 0 saturated carbocycles. The van der Waals surface area contributed by atoms with Crippen molar-refractivity contribution in [2.45, 2.75) is 49.1 Å². The normalized spacial score (nSPS) is 38.3. The molecule has 2 bridgehead atoms. The van der Waals surface area contributed by atoms with Crippen LogP contribution in [0.2, 0.25) is 0 Å². The molecule has 3 fully saturated rings. The van der Waals surface area contributed by atoms with Crippen LogP contribution in [0.15, 0.2) is 30.0 Å². The summed E-state index contributed by atoms with van der Waals surface area (Å²) in [6, 6.07) is 0. The van der Waals surface area contributed by atoms with Crippen molar-refractivity contribution in [3.63, 3.8) is 0 Å².